The molecule has 0 spiro atoms. The van der Waals surface area contributed by atoms with Gasteiger partial charge in [-0.2, -0.15) is 0 Å². The maximum atomic E-state index is 13.0. The van der Waals surface area contributed by atoms with Crippen molar-refractivity contribution in [2.24, 2.45) is 7.05 Å². The number of imidazole rings is 1. The Morgan fingerprint density at radius 1 is 1.13 bits per heavy atom. The average Bonchev–Trinajstić information content (AvgIpc) is 3.07. The van der Waals surface area contributed by atoms with Crippen LogP contribution in [0.5, 0.6) is 0 Å². The smallest absolute Gasteiger partial charge is 0.411 e. The highest BCUT2D eigenvalue weighted by atomic mass is 16.6. The lowest BCUT2D eigenvalue weighted by Crippen LogP contribution is -2.59. The monoisotopic (exact) mass is 529 g/mol. The number of aryl methyl sites for hydroxylation is 2. The number of benzene rings is 1. The number of nitrogens with one attached hydrogen (secondary N) is 1. The second-order valence-corrected chi connectivity index (χ2v) is 10.9. The SMILES string of the molecule is Cn1c(=O)n(C2CCC(=O)NC2=O)c2ccc(CCCN3CCN(C(=O)OC(C)(C)C)C(C(=O)O)C3)cc21. The number of amides is 3. The Bertz CT molecular complexity index is 1320. The Balaban J connectivity index is 1.40. The highest BCUT2D eigenvalue weighted by Gasteiger charge is 2.37. The molecule has 2 fully saturated rings. The third-order valence-electron chi connectivity index (χ3n) is 6.99. The molecular formula is C26H35N5O7. The molecule has 2 atom stereocenters. The summed E-state index contributed by atoms with van der Waals surface area (Å²) < 4.78 is 8.34. The molecule has 1 aromatic heterocycles. The minimum absolute atomic E-state index is 0.187. The molecule has 1 aromatic carbocycles. The highest BCUT2D eigenvalue weighted by molar-refractivity contribution is 6.00. The van der Waals surface area contributed by atoms with E-state index in [4.69, 9.17) is 4.74 Å². The molecule has 0 bridgehead atoms. The van der Waals surface area contributed by atoms with Crippen molar-refractivity contribution in [1.82, 2.24) is 24.3 Å². The maximum absolute atomic E-state index is 13.0. The molecule has 0 saturated carbocycles. The predicted molar refractivity (Wildman–Crippen MR) is 138 cm³/mol. The molecule has 0 aliphatic carbocycles. The number of fused-ring (bicyclic) bond motifs is 1. The number of carbonyl (C=O) groups excluding carboxylic acids is 3. The van der Waals surface area contributed by atoms with Crippen LogP contribution < -0.4 is 11.0 Å². The highest BCUT2D eigenvalue weighted by Crippen LogP contribution is 2.24. The van der Waals surface area contributed by atoms with E-state index < -0.39 is 35.7 Å². The molecule has 4 rings (SSSR count). The minimum atomic E-state index is -1.06. The molecule has 2 unspecified atom stereocenters. The van der Waals surface area contributed by atoms with Crippen LogP contribution in [0.15, 0.2) is 23.0 Å². The molecule has 3 amide bonds. The van der Waals surface area contributed by atoms with Crippen molar-refractivity contribution < 1.29 is 29.0 Å². The first-order valence-electron chi connectivity index (χ1n) is 12.8. The average molecular weight is 530 g/mol. The Morgan fingerprint density at radius 2 is 1.87 bits per heavy atom. The van der Waals surface area contributed by atoms with Crippen molar-refractivity contribution in [1.29, 1.82) is 0 Å². The van der Waals surface area contributed by atoms with Crippen molar-refractivity contribution in [2.75, 3.05) is 26.2 Å². The fourth-order valence-electron chi connectivity index (χ4n) is 5.09. The standard InChI is InChI=1S/C26H35N5O7/c1-26(2,3)38-25(37)30-13-12-29(15-20(30)23(34)35)11-5-6-16-7-8-17-19(14-16)28(4)24(36)31(17)18-9-10-21(32)27-22(18)33/h7-8,14,18,20H,5-6,9-13,15H2,1-4H3,(H,34,35)(H,27,32,33). The first kappa shape index (κ1) is 27.4. The molecule has 12 heteroatoms. The zero-order valence-electron chi connectivity index (χ0n) is 22.2. The van der Waals surface area contributed by atoms with Gasteiger partial charge in [-0.1, -0.05) is 6.07 Å². The van der Waals surface area contributed by atoms with Gasteiger partial charge in [0.15, 0.2) is 0 Å². The van der Waals surface area contributed by atoms with E-state index in [1.54, 1.807) is 27.8 Å². The molecule has 38 heavy (non-hydrogen) atoms. The number of nitrogens with zero attached hydrogens (tertiary/aromatic N) is 4. The molecular weight excluding hydrogens is 494 g/mol. The lowest BCUT2D eigenvalue weighted by Gasteiger charge is -2.39. The summed E-state index contributed by atoms with van der Waals surface area (Å²) in [4.78, 5) is 64.5. The van der Waals surface area contributed by atoms with Crippen LogP contribution in [0.4, 0.5) is 4.79 Å². The number of imide groups is 1. The van der Waals surface area contributed by atoms with Crippen molar-refractivity contribution in [3.63, 3.8) is 0 Å². The summed E-state index contributed by atoms with van der Waals surface area (Å²) in [7, 11) is 1.66. The van der Waals surface area contributed by atoms with E-state index in [1.807, 2.05) is 23.1 Å². The zero-order chi connectivity index (χ0) is 27.8. The maximum Gasteiger partial charge on any atom is 0.411 e. The number of carboxylic acid groups (broad SMARTS) is 1. The number of carbonyl (C=O) groups is 4. The number of carboxylic acids is 1. The van der Waals surface area contributed by atoms with Crippen LogP contribution >= 0.6 is 0 Å². The fourth-order valence-corrected chi connectivity index (χ4v) is 5.09. The van der Waals surface area contributed by atoms with Gasteiger partial charge in [0.05, 0.1) is 11.0 Å². The summed E-state index contributed by atoms with van der Waals surface area (Å²) in [5.74, 6) is -1.86. The van der Waals surface area contributed by atoms with Crippen LogP contribution in [0.1, 0.15) is 51.6 Å². The normalized spacial score (nSPS) is 21.0. The van der Waals surface area contributed by atoms with Crippen LogP contribution in [0.2, 0.25) is 0 Å². The molecule has 2 aliphatic heterocycles. The summed E-state index contributed by atoms with van der Waals surface area (Å²) in [6, 6.07) is 3.98. The molecule has 206 valence electrons. The number of ether oxygens (including phenoxy) is 1. The van der Waals surface area contributed by atoms with Gasteiger partial charge in [-0.25, -0.2) is 14.4 Å². The zero-order valence-corrected chi connectivity index (χ0v) is 22.2. The molecule has 2 aromatic rings. The van der Waals surface area contributed by atoms with E-state index in [0.717, 1.165) is 12.0 Å². The van der Waals surface area contributed by atoms with E-state index in [2.05, 4.69) is 5.32 Å². The number of hydrogen-bond acceptors (Lipinski definition) is 7. The van der Waals surface area contributed by atoms with E-state index in [-0.39, 0.29) is 37.5 Å². The van der Waals surface area contributed by atoms with Crippen LogP contribution in [-0.4, -0.2) is 85.7 Å². The van der Waals surface area contributed by atoms with Gasteiger partial charge < -0.3 is 9.84 Å². The second kappa shape index (κ2) is 10.6. The minimum Gasteiger partial charge on any atom is -0.480 e. The van der Waals surface area contributed by atoms with Crippen LogP contribution in [0.3, 0.4) is 0 Å². The van der Waals surface area contributed by atoms with Gasteiger partial charge in [0, 0.05) is 33.1 Å². The van der Waals surface area contributed by atoms with Gasteiger partial charge >= 0.3 is 17.8 Å². The van der Waals surface area contributed by atoms with E-state index in [0.29, 0.717) is 30.5 Å². The Hall–Kier alpha value is -3.67. The first-order chi connectivity index (χ1) is 17.9. The quantitative estimate of drug-likeness (QED) is 0.533. The number of hydrogen-bond donors (Lipinski definition) is 2. The number of aromatic nitrogens is 2. The van der Waals surface area contributed by atoms with Crippen molar-refractivity contribution in [3.05, 3.63) is 34.2 Å². The summed E-state index contributed by atoms with van der Waals surface area (Å²) in [6.07, 6.45) is 1.31. The Morgan fingerprint density at radius 3 is 2.53 bits per heavy atom. The number of aliphatic carboxylic acids is 1. The third kappa shape index (κ3) is 5.74. The van der Waals surface area contributed by atoms with Gasteiger partial charge in [-0.05, 0) is 64.3 Å². The molecule has 0 radical (unpaired) electrons. The Labute approximate surface area is 220 Å². The largest absolute Gasteiger partial charge is 0.480 e. The van der Waals surface area contributed by atoms with Crippen molar-refractivity contribution in [2.45, 2.75) is 64.1 Å². The summed E-state index contributed by atoms with van der Waals surface area (Å²) in [6.45, 7) is 6.93. The second-order valence-electron chi connectivity index (χ2n) is 10.9. The summed E-state index contributed by atoms with van der Waals surface area (Å²) >= 11 is 0. The molecule has 2 saturated heterocycles. The van der Waals surface area contributed by atoms with Gasteiger partial charge in [0.1, 0.15) is 17.7 Å². The van der Waals surface area contributed by atoms with Crippen LogP contribution in [0, 0.1) is 0 Å². The molecule has 2 N–H and O–H groups in total. The number of rotatable bonds is 6. The van der Waals surface area contributed by atoms with E-state index >= 15 is 0 Å². The third-order valence-corrected chi connectivity index (χ3v) is 6.99. The van der Waals surface area contributed by atoms with Gasteiger partial charge in [0.25, 0.3) is 0 Å². The Kier molecular flexibility index (Phi) is 7.63. The lowest BCUT2D eigenvalue weighted by atomic mass is 10.0. The van der Waals surface area contributed by atoms with Crippen molar-refractivity contribution >= 4 is 34.9 Å². The lowest BCUT2D eigenvalue weighted by molar-refractivity contribution is -0.145. The summed E-state index contributed by atoms with van der Waals surface area (Å²) in [5.41, 5.74) is 1.34. The van der Waals surface area contributed by atoms with Gasteiger partial charge in [-0.3, -0.25) is 33.8 Å². The predicted octanol–water partition coefficient (Wildman–Crippen LogP) is 1.26. The van der Waals surface area contributed by atoms with E-state index in [9.17, 15) is 29.1 Å². The topological polar surface area (TPSA) is 143 Å². The van der Waals surface area contributed by atoms with Crippen molar-refractivity contribution in [3.8, 4) is 0 Å². The molecule has 12 nitrogen and oxygen atoms in total. The number of piperidine rings is 1. The first-order valence-corrected chi connectivity index (χ1v) is 12.8. The molecule has 2 aliphatic rings. The van der Waals surface area contributed by atoms with E-state index in [1.165, 1.54) is 14.0 Å². The van der Waals surface area contributed by atoms with Crippen LogP contribution in [0.25, 0.3) is 11.0 Å². The van der Waals surface area contributed by atoms with Crippen LogP contribution in [-0.2, 0) is 32.6 Å². The fraction of sp³-hybridized carbons (Fsp3) is 0.577. The van der Waals surface area contributed by atoms with Gasteiger partial charge in [-0.15, -0.1) is 0 Å². The summed E-state index contributed by atoms with van der Waals surface area (Å²) in [5, 5.41) is 12.0. The number of piperazine rings is 1. The van der Waals surface area contributed by atoms with Gasteiger partial charge in [0.2, 0.25) is 11.8 Å². The molecule has 3 heterocycles.